The van der Waals surface area contributed by atoms with E-state index in [0.29, 0.717) is 34.3 Å². The molecule has 0 saturated carbocycles. The number of carbonyl (C=O) groups excluding carboxylic acids is 1. The molecule has 4 aromatic rings. The van der Waals surface area contributed by atoms with Gasteiger partial charge in [0.1, 0.15) is 17.9 Å². The lowest BCUT2D eigenvalue weighted by atomic mass is 10.1. The molecule has 2 heterocycles. The lowest BCUT2D eigenvalue weighted by Gasteiger charge is -2.14. The monoisotopic (exact) mass is 504 g/mol. The highest BCUT2D eigenvalue weighted by Crippen LogP contribution is 2.27. The number of aryl methyl sites for hydroxylation is 2. The molecular formula is C27H28N4O6. The van der Waals surface area contributed by atoms with Crippen molar-refractivity contribution in [2.24, 2.45) is 0 Å². The first-order chi connectivity index (χ1) is 17.8. The number of ether oxygens (including phenoxy) is 3. The van der Waals surface area contributed by atoms with Gasteiger partial charge in [0.15, 0.2) is 11.5 Å². The van der Waals surface area contributed by atoms with Gasteiger partial charge in [0.2, 0.25) is 11.7 Å². The van der Waals surface area contributed by atoms with E-state index >= 15 is 0 Å². The van der Waals surface area contributed by atoms with E-state index in [1.807, 2.05) is 12.1 Å². The molecule has 1 amide bonds. The van der Waals surface area contributed by atoms with E-state index in [2.05, 4.69) is 15.5 Å². The van der Waals surface area contributed by atoms with Gasteiger partial charge >= 0.3 is 0 Å². The molecule has 0 aliphatic rings. The fourth-order valence-corrected chi connectivity index (χ4v) is 3.96. The van der Waals surface area contributed by atoms with Crippen molar-refractivity contribution in [3.05, 3.63) is 75.7 Å². The van der Waals surface area contributed by atoms with Crippen LogP contribution in [0.1, 0.15) is 16.8 Å². The van der Waals surface area contributed by atoms with Crippen molar-refractivity contribution in [2.45, 2.75) is 26.9 Å². The average Bonchev–Trinajstić information content (AvgIpc) is 3.39. The number of carbonyl (C=O) groups is 1. The standard InChI is InChI=1S/C27H28N4O6/c1-16-12-17(2)31(15-23(32)28-14-18-6-11-21(35-4)22(13-18)36-5)27(33)24(16)26-29-25(30-37-26)19-7-9-20(34-3)10-8-19/h6-13H,14-15H2,1-5H3,(H,28,32). The minimum absolute atomic E-state index is 0.0906. The van der Waals surface area contributed by atoms with Gasteiger partial charge in [0, 0.05) is 17.8 Å². The van der Waals surface area contributed by atoms with E-state index in [-0.39, 0.29) is 36.0 Å². The summed E-state index contributed by atoms with van der Waals surface area (Å²) in [6.07, 6.45) is 0. The highest BCUT2D eigenvalue weighted by atomic mass is 16.5. The summed E-state index contributed by atoms with van der Waals surface area (Å²) in [7, 11) is 4.69. The molecule has 0 fully saturated rings. The Balaban J connectivity index is 1.54. The molecule has 0 saturated heterocycles. The van der Waals surface area contributed by atoms with Crippen LogP contribution in [0.15, 0.2) is 57.8 Å². The lowest BCUT2D eigenvalue weighted by molar-refractivity contribution is -0.121. The number of hydrogen-bond donors (Lipinski definition) is 1. The summed E-state index contributed by atoms with van der Waals surface area (Å²) >= 11 is 0. The molecule has 0 aliphatic carbocycles. The predicted molar refractivity (Wildman–Crippen MR) is 137 cm³/mol. The van der Waals surface area contributed by atoms with Crippen molar-refractivity contribution < 1.29 is 23.5 Å². The number of rotatable bonds is 9. The van der Waals surface area contributed by atoms with E-state index in [1.165, 1.54) is 4.57 Å². The highest BCUT2D eigenvalue weighted by Gasteiger charge is 2.20. The first-order valence-corrected chi connectivity index (χ1v) is 11.5. The van der Waals surface area contributed by atoms with Crippen molar-refractivity contribution in [1.82, 2.24) is 20.0 Å². The molecule has 0 radical (unpaired) electrons. The van der Waals surface area contributed by atoms with Crippen LogP contribution >= 0.6 is 0 Å². The third-order valence-electron chi connectivity index (χ3n) is 5.93. The number of aromatic nitrogens is 3. The van der Waals surface area contributed by atoms with Gasteiger partial charge in [-0.3, -0.25) is 9.59 Å². The number of pyridine rings is 1. The van der Waals surface area contributed by atoms with Gasteiger partial charge in [-0.25, -0.2) is 0 Å². The topological polar surface area (TPSA) is 118 Å². The summed E-state index contributed by atoms with van der Waals surface area (Å²) in [4.78, 5) is 30.6. The molecule has 1 N–H and O–H groups in total. The summed E-state index contributed by atoms with van der Waals surface area (Å²) in [5, 5.41) is 6.87. The molecule has 0 aliphatic heterocycles. The van der Waals surface area contributed by atoms with E-state index in [9.17, 15) is 9.59 Å². The highest BCUT2D eigenvalue weighted by molar-refractivity contribution is 5.76. The van der Waals surface area contributed by atoms with E-state index in [1.54, 1.807) is 71.6 Å². The van der Waals surface area contributed by atoms with Crippen LogP contribution in [-0.2, 0) is 17.9 Å². The number of nitrogens with one attached hydrogen (secondary N) is 1. The smallest absolute Gasteiger partial charge is 0.264 e. The van der Waals surface area contributed by atoms with Gasteiger partial charge in [-0.15, -0.1) is 0 Å². The molecule has 0 spiro atoms. The maximum Gasteiger partial charge on any atom is 0.264 e. The van der Waals surface area contributed by atoms with Crippen LogP contribution in [0.5, 0.6) is 17.2 Å². The van der Waals surface area contributed by atoms with Crippen molar-refractivity contribution in [3.8, 4) is 40.1 Å². The van der Waals surface area contributed by atoms with Crippen LogP contribution in [0.25, 0.3) is 22.8 Å². The number of methoxy groups -OCH3 is 3. The minimum Gasteiger partial charge on any atom is -0.497 e. The third-order valence-corrected chi connectivity index (χ3v) is 5.93. The Morgan fingerprint density at radius 2 is 1.70 bits per heavy atom. The second-order valence-electron chi connectivity index (χ2n) is 8.35. The maximum atomic E-state index is 13.4. The first kappa shape index (κ1) is 25.5. The second-order valence-corrected chi connectivity index (χ2v) is 8.35. The quantitative estimate of drug-likeness (QED) is 0.368. The summed E-state index contributed by atoms with van der Waals surface area (Å²) < 4.78 is 22.6. The van der Waals surface area contributed by atoms with E-state index in [0.717, 1.165) is 11.1 Å². The Morgan fingerprint density at radius 3 is 2.38 bits per heavy atom. The molecule has 0 bridgehead atoms. The van der Waals surface area contributed by atoms with E-state index < -0.39 is 0 Å². The Labute approximate surface area is 213 Å². The van der Waals surface area contributed by atoms with Gasteiger partial charge < -0.3 is 28.6 Å². The number of nitrogens with zero attached hydrogens (tertiary/aromatic N) is 3. The Bertz CT molecular complexity index is 1470. The van der Waals surface area contributed by atoms with Crippen molar-refractivity contribution in [3.63, 3.8) is 0 Å². The van der Waals surface area contributed by atoms with Gasteiger partial charge in [-0.2, -0.15) is 4.98 Å². The summed E-state index contributed by atoms with van der Waals surface area (Å²) in [6, 6.07) is 14.4. The Kier molecular flexibility index (Phi) is 7.57. The molecule has 0 unspecified atom stereocenters. The van der Waals surface area contributed by atoms with Crippen molar-refractivity contribution in [1.29, 1.82) is 0 Å². The van der Waals surface area contributed by atoms with Gasteiger partial charge in [-0.1, -0.05) is 11.2 Å². The minimum atomic E-state index is -0.385. The molecular weight excluding hydrogens is 476 g/mol. The van der Waals surface area contributed by atoms with Gasteiger partial charge in [0.05, 0.1) is 21.3 Å². The van der Waals surface area contributed by atoms with Crippen LogP contribution in [0, 0.1) is 13.8 Å². The largest absolute Gasteiger partial charge is 0.497 e. The van der Waals surface area contributed by atoms with Crippen LogP contribution in [-0.4, -0.2) is 41.9 Å². The average molecular weight is 505 g/mol. The molecule has 192 valence electrons. The zero-order chi connectivity index (χ0) is 26.5. The fraction of sp³-hybridized carbons (Fsp3) is 0.259. The number of benzene rings is 2. The van der Waals surface area contributed by atoms with Crippen LogP contribution in [0.2, 0.25) is 0 Å². The zero-order valence-corrected chi connectivity index (χ0v) is 21.3. The van der Waals surface area contributed by atoms with Gasteiger partial charge in [-0.05, 0) is 67.4 Å². The lowest BCUT2D eigenvalue weighted by Crippen LogP contribution is -2.34. The number of amides is 1. The third kappa shape index (κ3) is 5.48. The predicted octanol–water partition coefficient (Wildman–Crippen LogP) is 3.52. The normalized spacial score (nSPS) is 10.7. The molecule has 10 nitrogen and oxygen atoms in total. The van der Waals surface area contributed by atoms with Crippen LogP contribution < -0.4 is 25.1 Å². The molecule has 4 rings (SSSR count). The molecule has 2 aromatic heterocycles. The maximum absolute atomic E-state index is 13.4. The van der Waals surface area contributed by atoms with Crippen molar-refractivity contribution in [2.75, 3.05) is 21.3 Å². The van der Waals surface area contributed by atoms with Crippen LogP contribution in [0.3, 0.4) is 0 Å². The molecule has 10 heteroatoms. The molecule has 2 aromatic carbocycles. The summed E-state index contributed by atoms with van der Waals surface area (Å²) in [5.74, 6) is 1.98. The summed E-state index contributed by atoms with van der Waals surface area (Å²) in [6.45, 7) is 3.67. The fourth-order valence-electron chi connectivity index (χ4n) is 3.96. The SMILES string of the molecule is COc1ccc(-c2noc(-c3c(C)cc(C)n(CC(=O)NCc4ccc(OC)c(OC)c4)c3=O)n2)cc1. The molecule has 37 heavy (non-hydrogen) atoms. The zero-order valence-electron chi connectivity index (χ0n) is 21.3. The molecule has 0 atom stereocenters. The second kappa shape index (κ2) is 11.0. The van der Waals surface area contributed by atoms with Crippen molar-refractivity contribution >= 4 is 5.91 Å². The van der Waals surface area contributed by atoms with Crippen LogP contribution in [0.4, 0.5) is 0 Å². The van der Waals surface area contributed by atoms with Gasteiger partial charge in [0.25, 0.3) is 11.4 Å². The Hall–Kier alpha value is -4.60. The number of hydrogen-bond acceptors (Lipinski definition) is 8. The Morgan fingerprint density at radius 1 is 0.973 bits per heavy atom. The first-order valence-electron chi connectivity index (χ1n) is 11.5. The summed E-state index contributed by atoms with van der Waals surface area (Å²) in [5.41, 5.74) is 2.73. The van der Waals surface area contributed by atoms with E-state index in [4.69, 9.17) is 18.7 Å².